The van der Waals surface area contributed by atoms with Crippen LogP contribution in [0.3, 0.4) is 0 Å². The first-order chi connectivity index (χ1) is 12.0. The predicted molar refractivity (Wildman–Crippen MR) is 98.1 cm³/mol. The first kappa shape index (κ1) is 17.0. The molecule has 0 unspecified atom stereocenters. The van der Waals surface area contributed by atoms with Gasteiger partial charge in [-0.05, 0) is 43.2 Å². The van der Waals surface area contributed by atoms with Gasteiger partial charge in [-0.15, -0.1) is 0 Å². The van der Waals surface area contributed by atoms with Crippen molar-refractivity contribution >= 4 is 33.9 Å². The number of hydrogen-bond acceptors (Lipinski definition) is 5. The average Bonchev–Trinajstić information content (AvgIpc) is 2.98. The van der Waals surface area contributed by atoms with Crippen molar-refractivity contribution in [1.29, 1.82) is 0 Å². The molecule has 1 aromatic carbocycles. The highest BCUT2D eigenvalue weighted by Gasteiger charge is 2.16. The van der Waals surface area contributed by atoms with Crippen LogP contribution in [0.4, 0.5) is 21.0 Å². The minimum Gasteiger partial charge on any atom is -0.321 e. The first-order valence-corrected chi connectivity index (χ1v) is 8.63. The van der Waals surface area contributed by atoms with Gasteiger partial charge in [0.05, 0.1) is 11.9 Å². The number of hydrogen-bond donors (Lipinski definition) is 2. The largest absolute Gasteiger partial charge is 0.321 e. The van der Waals surface area contributed by atoms with E-state index in [2.05, 4.69) is 27.5 Å². The van der Waals surface area contributed by atoms with Crippen molar-refractivity contribution in [2.45, 2.75) is 20.3 Å². The van der Waals surface area contributed by atoms with Crippen LogP contribution in [0.25, 0.3) is 0 Å². The van der Waals surface area contributed by atoms with Crippen LogP contribution in [0.15, 0.2) is 42.6 Å². The molecule has 2 aromatic heterocycles. The SMILES string of the molecule is CCc1ccc(NC(=O)c2sc(Nc3ccc(F)cn3)nc2C)cc1. The van der Waals surface area contributed by atoms with Crippen molar-refractivity contribution in [2.75, 3.05) is 10.6 Å². The summed E-state index contributed by atoms with van der Waals surface area (Å²) in [4.78, 5) is 21.2. The molecule has 0 fully saturated rings. The van der Waals surface area contributed by atoms with Crippen LogP contribution in [0.2, 0.25) is 0 Å². The van der Waals surface area contributed by atoms with Crippen molar-refractivity contribution in [2.24, 2.45) is 0 Å². The molecule has 0 aliphatic carbocycles. The maximum atomic E-state index is 12.9. The maximum absolute atomic E-state index is 12.9. The number of halogens is 1. The van der Waals surface area contributed by atoms with Crippen molar-refractivity contribution in [1.82, 2.24) is 9.97 Å². The zero-order valence-electron chi connectivity index (χ0n) is 13.8. The first-order valence-electron chi connectivity index (χ1n) is 7.81. The number of nitrogens with zero attached hydrogens (tertiary/aromatic N) is 2. The molecule has 0 saturated carbocycles. The molecule has 3 aromatic rings. The van der Waals surface area contributed by atoms with E-state index in [1.165, 1.54) is 29.0 Å². The number of thiazole rings is 1. The second-order valence-electron chi connectivity index (χ2n) is 5.42. The quantitative estimate of drug-likeness (QED) is 0.704. The highest BCUT2D eigenvalue weighted by molar-refractivity contribution is 7.17. The fourth-order valence-electron chi connectivity index (χ4n) is 2.23. The molecule has 0 radical (unpaired) electrons. The summed E-state index contributed by atoms with van der Waals surface area (Å²) in [5.74, 6) is -0.147. The second-order valence-corrected chi connectivity index (χ2v) is 6.42. The summed E-state index contributed by atoms with van der Waals surface area (Å²) in [7, 11) is 0. The Morgan fingerprint density at radius 3 is 2.60 bits per heavy atom. The lowest BCUT2D eigenvalue weighted by atomic mass is 10.1. The Kier molecular flexibility index (Phi) is 5.04. The van der Waals surface area contributed by atoms with Crippen LogP contribution in [0.5, 0.6) is 0 Å². The van der Waals surface area contributed by atoms with E-state index in [1.807, 2.05) is 24.3 Å². The van der Waals surface area contributed by atoms with E-state index in [0.29, 0.717) is 21.5 Å². The monoisotopic (exact) mass is 356 g/mol. The fourth-order valence-corrected chi connectivity index (χ4v) is 3.10. The minimum absolute atomic E-state index is 0.209. The number of carbonyl (C=O) groups excluding carboxylic acids is 1. The predicted octanol–water partition coefficient (Wildman–Crippen LogP) is 4.54. The number of pyridine rings is 1. The second kappa shape index (κ2) is 7.40. The molecule has 2 N–H and O–H groups in total. The molecule has 2 heterocycles. The van der Waals surface area contributed by atoms with Crippen molar-refractivity contribution < 1.29 is 9.18 Å². The molecule has 128 valence electrons. The molecular weight excluding hydrogens is 339 g/mol. The summed E-state index contributed by atoms with van der Waals surface area (Å²) in [6.45, 7) is 3.85. The van der Waals surface area contributed by atoms with E-state index in [1.54, 1.807) is 6.92 Å². The number of nitrogens with one attached hydrogen (secondary N) is 2. The molecule has 7 heteroatoms. The third-order valence-corrected chi connectivity index (χ3v) is 4.66. The zero-order valence-corrected chi connectivity index (χ0v) is 14.7. The van der Waals surface area contributed by atoms with Gasteiger partial charge in [-0.2, -0.15) is 0 Å². The lowest BCUT2D eigenvalue weighted by Crippen LogP contribution is -2.11. The molecule has 0 spiro atoms. The van der Waals surface area contributed by atoms with Gasteiger partial charge in [0.25, 0.3) is 5.91 Å². The van der Waals surface area contributed by atoms with E-state index in [4.69, 9.17) is 0 Å². The summed E-state index contributed by atoms with van der Waals surface area (Å²) < 4.78 is 12.9. The van der Waals surface area contributed by atoms with Gasteiger partial charge in [0.15, 0.2) is 5.13 Å². The summed E-state index contributed by atoms with van der Waals surface area (Å²) in [6.07, 6.45) is 2.07. The van der Waals surface area contributed by atoms with Crippen molar-refractivity contribution in [3.8, 4) is 0 Å². The van der Waals surface area contributed by atoms with Crippen molar-refractivity contribution in [3.63, 3.8) is 0 Å². The molecule has 0 saturated heterocycles. The standard InChI is InChI=1S/C18H17FN4OS/c1-3-12-4-7-14(8-5-12)22-17(24)16-11(2)21-18(25-16)23-15-9-6-13(19)10-20-15/h4-10H,3H2,1-2H3,(H,22,24)(H,20,21,23). The highest BCUT2D eigenvalue weighted by Crippen LogP contribution is 2.26. The number of anilines is 3. The van der Waals surface area contributed by atoms with E-state index in [-0.39, 0.29) is 5.91 Å². The molecular formula is C18H17FN4OS. The number of amides is 1. The van der Waals surface area contributed by atoms with E-state index in [0.717, 1.165) is 18.3 Å². The molecule has 0 bridgehead atoms. The summed E-state index contributed by atoms with van der Waals surface area (Å²) in [5, 5.41) is 6.38. The Bertz CT molecular complexity index is 875. The van der Waals surface area contributed by atoms with E-state index < -0.39 is 5.82 Å². The van der Waals surface area contributed by atoms with Gasteiger partial charge in [0, 0.05) is 5.69 Å². The van der Waals surface area contributed by atoms with Gasteiger partial charge >= 0.3 is 0 Å². The molecule has 3 rings (SSSR count). The minimum atomic E-state index is -0.407. The molecule has 5 nitrogen and oxygen atoms in total. The third kappa shape index (κ3) is 4.19. The van der Waals surface area contributed by atoms with Gasteiger partial charge in [0.1, 0.15) is 16.5 Å². The smallest absolute Gasteiger partial charge is 0.267 e. The van der Waals surface area contributed by atoms with Crippen molar-refractivity contribution in [3.05, 3.63) is 64.5 Å². The van der Waals surface area contributed by atoms with Crippen LogP contribution in [0.1, 0.15) is 27.9 Å². The van der Waals surface area contributed by atoms with E-state index >= 15 is 0 Å². The third-order valence-electron chi connectivity index (χ3n) is 3.59. The molecule has 0 aliphatic heterocycles. The molecule has 0 aliphatic rings. The highest BCUT2D eigenvalue weighted by atomic mass is 32.1. The normalized spacial score (nSPS) is 10.5. The number of aromatic nitrogens is 2. The number of carbonyl (C=O) groups is 1. The van der Waals surface area contributed by atoms with Gasteiger partial charge in [-0.1, -0.05) is 30.4 Å². The average molecular weight is 356 g/mol. The van der Waals surface area contributed by atoms with Crippen LogP contribution in [-0.4, -0.2) is 15.9 Å². The Balaban J connectivity index is 1.72. The Labute approximate surface area is 149 Å². The van der Waals surface area contributed by atoms with Crippen LogP contribution < -0.4 is 10.6 Å². The number of rotatable bonds is 5. The van der Waals surface area contributed by atoms with Crippen LogP contribution in [-0.2, 0) is 6.42 Å². The zero-order chi connectivity index (χ0) is 17.8. The van der Waals surface area contributed by atoms with Crippen LogP contribution in [0, 0.1) is 12.7 Å². The fraction of sp³-hybridized carbons (Fsp3) is 0.167. The topological polar surface area (TPSA) is 66.9 Å². The van der Waals surface area contributed by atoms with Gasteiger partial charge in [-0.25, -0.2) is 14.4 Å². The number of benzene rings is 1. The summed E-state index contributed by atoms with van der Waals surface area (Å²) in [5.41, 5.74) is 2.58. The Hall–Kier alpha value is -2.80. The summed E-state index contributed by atoms with van der Waals surface area (Å²) >= 11 is 1.23. The lowest BCUT2D eigenvalue weighted by molar-refractivity contribution is 0.103. The lowest BCUT2D eigenvalue weighted by Gasteiger charge is -2.05. The molecule has 0 atom stereocenters. The molecule has 1 amide bonds. The Morgan fingerprint density at radius 2 is 1.96 bits per heavy atom. The van der Waals surface area contributed by atoms with Gasteiger partial charge in [-0.3, -0.25) is 4.79 Å². The Morgan fingerprint density at radius 1 is 1.20 bits per heavy atom. The summed E-state index contributed by atoms with van der Waals surface area (Å²) in [6, 6.07) is 10.6. The maximum Gasteiger partial charge on any atom is 0.267 e. The molecule has 25 heavy (non-hydrogen) atoms. The van der Waals surface area contributed by atoms with E-state index in [9.17, 15) is 9.18 Å². The number of aryl methyl sites for hydroxylation is 2. The van der Waals surface area contributed by atoms with Crippen LogP contribution >= 0.6 is 11.3 Å². The van der Waals surface area contributed by atoms with Gasteiger partial charge < -0.3 is 10.6 Å². The van der Waals surface area contributed by atoms with Gasteiger partial charge in [0.2, 0.25) is 0 Å².